The molecule has 28 heavy (non-hydrogen) atoms. The van der Waals surface area contributed by atoms with Gasteiger partial charge in [-0.1, -0.05) is 17.8 Å². The minimum absolute atomic E-state index is 0.0887. The molecule has 2 rings (SSSR count). The second-order valence-electron chi connectivity index (χ2n) is 5.94. The lowest BCUT2D eigenvalue weighted by Gasteiger charge is -2.20. The van der Waals surface area contributed by atoms with Crippen LogP contribution in [0.4, 0.5) is 0 Å². The number of guanidine groups is 1. The van der Waals surface area contributed by atoms with Gasteiger partial charge in [0.2, 0.25) is 0 Å². The second kappa shape index (κ2) is 12.5. The van der Waals surface area contributed by atoms with E-state index in [2.05, 4.69) is 33.6 Å². The molecule has 2 N–H and O–H groups in total. The normalized spacial score (nSPS) is 12.5. The number of ether oxygens (including phenoxy) is 2. The number of nitrogens with zero attached hydrogens (tertiary/aromatic N) is 2. The number of thiazole rings is 1. The molecular formula is C20H30N4O2S2. The predicted molar refractivity (Wildman–Crippen MR) is 119 cm³/mol. The molecule has 0 aliphatic carbocycles. The van der Waals surface area contributed by atoms with E-state index in [0.29, 0.717) is 13.2 Å². The van der Waals surface area contributed by atoms with E-state index in [1.165, 1.54) is 0 Å². The summed E-state index contributed by atoms with van der Waals surface area (Å²) in [5.41, 5.74) is 1.12. The summed E-state index contributed by atoms with van der Waals surface area (Å²) in [6, 6.07) is 6.15. The monoisotopic (exact) mass is 422 g/mol. The van der Waals surface area contributed by atoms with Crippen LogP contribution in [0, 0.1) is 0 Å². The minimum atomic E-state index is 0.0887. The summed E-state index contributed by atoms with van der Waals surface area (Å²) in [5.74, 6) is 3.38. The van der Waals surface area contributed by atoms with Crippen molar-refractivity contribution in [1.29, 1.82) is 0 Å². The first-order valence-electron chi connectivity index (χ1n) is 9.56. The summed E-state index contributed by atoms with van der Waals surface area (Å²) < 4.78 is 12.5. The lowest BCUT2D eigenvalue weighted by molar-refractivity contribution is 0.287. The van der Waals surface area contributed by atoms with Gasteiger partial charge < -0.3 is 20.1 Å². The number of nitrogens with one attached hydrogen (secondary N) is 2. The summed E-state index contributed by atoms with van der Waals surface area (Å²) >= 11 is 3.47. The van der Waals surface area contributed by atoms with E-state index in [-0.39, 0.29) is 6.04 Å². The SMILES string of the molecule is CCOc1ccc(C(C)NC(=NC)NCCCSc2nccs2)cc1OCC. The predicted octanol–water partition coefficient (Wildman–Crippen LogP) is 4.35. The molecule has 0 spiro atoms. The maximum atomic E-state index is 5.73. The fourth-order valence-electron chi connectivity index (χ4n) is 2.54. The summed E-state index contributed by atoms with van der Waals surface area (Å²) in [6.07, 6.45) is 2.88. The van der Waals surface area contributed by atoms with Crippen LogP contribution in [0.3, 0.4) is 0 Å². The fraction of sp³-hybridized carbons (Fsp3) is 0.500. The largest absolute Gasteiger partial charge is 0.490 e. The summed E-state index contributed by atoms with van der Waals surface area (Å²) in [5, 5.41) is 8.81. The van der Waals surface area contributed by atoms with Gasteiger partial charge in [0, 0.05) is 30.9 Å². The molecule has 0 bridgehead atoms. The average molecular weight is 423 g/mol. The van der Waals surface area contributed by atoms with Gasteiger partial charge in [0.05, 0.1) is 19.3 Å². The van der Waals surface area contributed by atoms with E-state index in [9.17, 15) is 0 Å². The minimum Gasteiger partial charge on any atom is -0.490 e. The third kappa shape index (κ3) is 7.24. The van der Waals surface area contributed by atoms with Crippen molar-refractivity contribution >= 4 is 29.1 Å². The Balaban J connectivity index is 1.83. The Morgan fingerprint density at radius 1 is 1.25 bits per heavy atom. The molecule has 0 amide bonds. The molecule has 0 saturated heterocycles. The van der Waals surface area contributed by atoms with Gasteiger partial charge >= 0.3 is 0 Å². The van der Waals surface area contributed by atoms with E-state index in [1.807, 2.05) is 37.6 Å². The highest BCUT2D eigenvalue weighted by atomic mass is 32.2. The zero-order valence-corrected chi connectivity index (χ0v) is 18.7. The van der Waals surface area contributed by atoms with Crippen molar-refractivity contribution in [2.75, 3.05) is 32.6 Å². The first-order valence-corrected chi connectivity index (χ1v) is 11.4. The smallest absolute Gasteiger partial charge is 0.191 e. The van der Waals surface area contributed by atoms with Crippen LogP contribution in [0.2, 0.25) is 0 Å². The van der Waals surface area contributed by atoms with Crippen LogP contribution in [-0.2, 0) is 0 Å². The Bertz CT molecular complexity index is 723. The molecule has 1 aromatic heterocycles. The Morgan fingerprint density at radius 2 is 2.04 bits per heavy atom. The molecule has 0 fully saturated rings. The van der Waals surface area contributed by atoms with Crippen LogP contribution in [-0.4, -0.2) is 43.5 Å². The summed E-state index contributed by atoms with van der Waals surface area (Å²) in [7, 11) is 1.79. The molecule has 1 unspecified atom stereocenters. The molecule has 1 atom stereocenters. The highest BCUT2D eigenvalue weighted by molar-refractivity contribution is 8.00. The second-order valence-corrected chi connectivity index (χ2v) is 8.17. The number of aromatic nitrogens is 1. The molecule has 154 valence electrons. The molecule has 0 aliphatic rings. The molecule has 2 aromatic rings. The highest BCUT2D eigenvalue weighted by Crippen LogP contribution is 2.30. The van der Waals surface area contributed by atoms with Crippen molar-refractivity contribution in [1.82, 2.24) is 15.6 Å². The maximum absolute atomic E-state index is 5.73. The third-order valence-electron chi connectivity index (χ3n) is 3.89. The van der Waals surface area contributed by atoms with Crippen LogP contribution in [0.25, 0.3) is 0 Å². The van der Waals surface area contributed by atoms with E-state index in [4.69, 9.17) is 9.47 Å². The fourth-order valence-corrected chi connectivity index (χ4v) is 4.19. The van der Waals surface area contributed by atoms with Crippen molar-refractivity contribution in [2.24, 2.45) is 4.99 Å². The number of thioether (sulfide) groups is 1. The van der Waals surface area contributed by atoms with Crippen molar-refractivity contribution in [3.63, 3.8) is 0 Å². The number of hydrogen-bond acceptors (Lipinski definition) is 6. The Morgan fingerprint density at radius 3 is 2.71 bits per heavy atom. The number of benzene rings is 1. The Hall–Kier alpha value is -1.93. The van der Waals surface area contributed by atoms with Crippen molar-refractivity contribution < 1.29 is 9.47 Å². The molecule has 6 nitrogen and oxygen atoms in total. The van der Waals surface area contributed by atoms with Gasteiger partial charge in [0.1, 0.15) is 4.34 Å². The van der Waals surface area contributed by atoms with Gasteiger partial charge in [0.25, 0.3) is 0 Å². The third-order valence-corrected chi connectivity index (χ3v) is 5.95. The quantitative estimate of drug-likeness (QED) is 0.243. The van der Waals surface area contributed by atoms with Gasteiger partial charge in [0.15, 0.2) is 17.5 Å². The highest BCUT2D eigenvalue weighted by Gasteiger charge is 2.12. The van der Waals surface area contributed by atoms with Gasteiger partial charge in [-0.2, -0.15) is 0 Å². The number of hydrogen-bond donors (Lipinski definition) is 2. The van der Waals surface area contributed by atoms with E-state index in [1.54, 1.807) is 30.1 Å². The molecule has 1 heterocycles. The zero-order valence-electron chi connectivity index (χ0n) is 17.0. The number of rotatable bonds is 11. The van der Waals surface area contributed by atoms with Crippen molar-refractivity contribution in [3.05, 3.63) is 35.3 Å². The lowest BCUT2D eigenvalue weighted by Crippen LogP contribution is -2.39. The van der Waals surface area contributed by atoms with Gasteiger partial charge in [-0.25, -0.2) is 4.98 Å². The van der Waals surface area contributed by atoms with E-state index >= 15 is 0 Å². The van der Waals surface area contributed by atoms with Crippen LogP contribution in [0.15, 0.2) is 39.1 Å². The Kier molecular flexibility index (Phi) is 9.99. The molecular weight excluding hydrogens is 392 g/mol. The first kappa shape index (κ1) is 22.4. The van der Waals surface area contributed by atoms with E-state index in [0.717, 1.165) is 46.1 Å². The van der Waals surface area contributed by atoms with E-state index < -0.39 is 0 Å². The Labute approximate surface area is 176 Å². The maximum Gasteiger partial charge on any atom is 0.191 e. The summed E-state index contributed by atoms with van der Waals surface area (Å²) in [6.45, 7) is 8.13. The van der Waals surface area contributed by atoms with Crippen LogP contribution in [0.5, 0.6) is 11.5 Å². The van der Waals surface area contributed by atoms with Gasteiger partial charge in [-0.3, -0.25) is 4.99 Å². The summed E-state index contributed by atoms with van der Waals surface area (Å²) in [4.78, 5) is 8.61. The number of aliphatic imine (C=N–C) groups is 1. The molecule has 0 saturated carbocycles. The first-order chi connectivity index (χ1) is 13.7. The van der Waals surface area contributed by atoms with Gasteiger partial charge in [-0.15, -0.1) is 11.3 Å². The molecule has 1 aromatic carbocycles. The van der Waals surface area contributed by atoms with Crippen molar-refractivity contribution in [3.8, 4) is 11.5 Å². The zero-order chi connectivity index (χ0) is 20.2. The molecule has 0 radical (unpaired) electrons. The standard InChI is InChI=1S/C20H30N4O2S2/c1-5-25-17-9-8-16(14-18(17)26-6-2)15(3)24-19(21-4)22-10-7-12-27-20-23-11-13-28-20/h8-9,11,13-15H,5-7,10,12H2,1-4H3,(H2,21,22,24). The van der Waals surface area contributed by atoms with Crippen LogP contribution < -0.4 is 20.1 Å². The molecule has 8 heteroatoms. The van der Waals surface area contributed by atoms with Crippen LogP contribution in [0.1, 0.15) is 38.8 Å². The lowest BCUT2D eigenvalue weighted by atomic mass is 10.1. The molecule has 0 aliphatic heterocycles. The van der Waals surface area contributed by atoms with Gasteiger partial charge in [-0.05, 0) is 44.9 Å². The van der Waals surface area contributed by atoms with Crippen LogP contribution >= 0.6 is 23.1 Å². The van der Waals surface area contributed by atoms with Crippen molar-refractivity contribution in [2.45, 2.75) is 37.6 Å². The topological polar surface area (TPSA) is 67.8 Å². The average Bonchev–Trinajstić information content (AvgIpc) is 3.22.